The van der Waals surface area contributed by atoms with Crippen LogP contribution in [0.1, 0.15) is 22.7 Å². The molecule has 1 fully saturated rings. The van der Waals surface area contributed by atoms with E-state index in [1.165, 1.54) is 0 Å². The van der Waals surface area contributed by atoms with Crippen LogP contribution in [0.25, 0.3) is 0 Å². The van der Waals surface area contributed by atoms with Crippen LogP contribution < -0.4 is 10.5 Å². The van der Waals surface area contributed by atoms with Crippen LogP contribution in [0.4, 0.5) is 0 Å². The van der Waals surface area contributed by atoms with E-state index < -0.39 is 0 Å². The van der Waals surface area contributed by atoms with Crippen LogP contribution in [-0.2, 0) is 4.74 Å². The van der Waals surface area contributed by atoms with Gasteiger partial charge in [0.25, 0.3) is 0 Å². The Morgan fingerprint density at radius 2 is 2.06 bits per heavy atom. The fraction of sp³-hybridized carbons (Fsp3) is 0.571. The van der Waals surface area contributed by atoms with E-state index in [1.807, 2.05) is 26.0 Å². The molecule has 0 amide bonds. The highest BCUT2D eigenvalue weighted by molar-refractivity contribution is 5.45. The van der Waals surface area contributed by atoms with Crippen molar-refractivity contribution in [2.45, 2.75) is 19.9 Å². The van der Waals surface area contributed by atoms with Gasteiger partial charge in [-0.2, -0.15) is 0 Å². The number of nitrogens with two attached hydrogens (primary N) is 1. The summed E-state index contributed by atoms with van der Waals surface area (Å²) in [5.41, 5.74) is 9.28. The topological polar surface area (TPSA) is 64.7 Å². The lowest BCUT2D eigenvalue weighted by Crippen LogP contribution is -2.53. The van der Waals surface area contributed by atoms with E-state index in [0.29, 0.717) is 13.2 Å². The monoisotopic (exact) mass is 251 g/mol. The quantitative estimate of drug-likeness (QED) is 0.847. The first kappa shape index (κ1) is 13.3. The third-order valence-corrected chi connectivity index (χ3v) is 4.09. The smallest absolute Gasteiger partial charge is 0.122 e. The van der Waals surface area contributed by atoms with Crippen LogP contribution in [0, 0.1) is 19.3 Å². The Hall–Kier alpha value is -1.10. The molecule has 100 valence electrons. The minimum absolute atomic E-state index is 0.0542. The van der Waals surface area contributed by atoms with Gasteiger partial charge in [0.2, 0.25) is 0 Å². The molecule has 1 saturated heterocycles. The molecule has 4 heteroatoms. The number of aliphatic hydroxyl groups excluding tert-OH is 1. The van der Waals surface area contributed by atoms with Crippen molar-refractivity contribution in [3.8, 4) is 5.75 Å². The highest BCUT2D eigenvalue weighted by Crippen LogP contribution is 2.41. The number of aliphatic hydroxyl groups is 1. The second kappa shape index (κ2) is 4.88. The molecule has 1 aliphatic heterocycles. The van der Waals surface area contributed by atoms with E-state index in [4.69, 9.17) is 15.2 Å². The molecule has 0 spiro atoms. The van der Waals surface area contributed by atoms with Crippen molar-refractivity contribution in [1.82, 2.24) is 0 Å². The van der Waals surface area contributed by atoms with Crippen LogP contribution in [0.5, 0.6) is 5.75 Å². The SMILES string of the molecule is COc1ccc(C(N)C2(CO)COC2)c(C)c1C. The van der Waals surface area contributed by atoms with Crippen molar-refractivity contribution in [3.63, 3.8) is 0 Å². The van der Waals surface area contributed by atoms with Gasteiger partial charge in [0.05, 0.1) is 32.3 Å². The van der Waals surface area contributed by atoms with Gasteiger partial charge >= 0.3 is 0 Å². The average Bonchev–Trinajstić information content (AvgIpc) is 2.31. The zero-order chi connectivity index (χ0) is 13.3. The predicted molar refractivity (Wildman–Crippen MR) is 69.7 cm³/mol. The lowest BCUT2D eigenvalue weighted by molar-refractivity contribution is -0.150. The molecule has 0 aromatic heterocycles. The van der Waals surface area contributed by atoms with Crippen molar-refractivity contribution < 1.29 is 14.6 Å². The fourth-order valence-electron chi connectivity index (χ4n) is 2.44. The van der Waals surface area contributed by atoms with Gasteiger partial charge in [-0.25, -0.2) is 0 Å². The van der Waals surface area contributed by atoms with E-state index in [-0.39, 0.29) is 18.1 Å². The molecular weight excluding hydrogens is 230 g/mol. The summed E-state index contributed by atoms with van der Waals surface area (Å²) in [7, 11) is 1.66. The molecule has 3 N–H and O–H groups in total. The lowest BCUT2D eigenvalue weighted by atomic mass is 9.75. The zero-order valence-electron chi connectivity index (χ0n) is 11.2. The van der Waals surface area contributed by atoms with Gasteiger partial charge in [-0.1, -0.05) is 6.07 Å². The summed E-state index contributed by atoms with van der Waals surface area (Å²) in [6, 6.07) is 3.71. The Balaban J connectivity index is 2.36. The highest BCUT2D eigenvalue weighted by Gasteiger charge is 2.44. The minimum atomic E-state index is -0.328. The highest BCUT2D eigenvalue weighted by atomic mass is 16.5. The Kier molecular flexibility index (Phi) is 3.61. The molecular formula is C14H21NO3. The normalized spacial score (nSPS) is 19.2. The largest absolute Gasteiger partial charge is 0.496 e. The van der Waals surface area contributed by atoms with E-state index in [1.54, 1.807) is 7.11 Å². The van der Waals surface area contributed by atoms with Crippen molar-refractivity contribution in [3.05, 3.63) is 28.8 Å². The predicted octanol–water partition coefficient (Wildman–Crippen LogP) is 1.32. The van der Waals surface area contributed by atoms with Crippen molar-refractivity contribution in [1.29, 1.82) is 0 Å². The first-order valence-corrected chi connectivity index (χ1v) is 6.14. The Morgan fingerprint density at radius 3 is 2.50 bits per heavy atom. The minimum Gasteiger partial charge on any atom is -0.496 e. The third-order valence-electron chi connectivity index (χ3n) is 4.09. The lowest BCUT2D eigenvalue weighted by Gasteiger charge is -2.45. The summed E-state index contributed by atoms with van der Waals surface area (Å²) >= 11 is 0. The molecule has 4 nitrogen and oxygen atoms in total. The van der Waals surface area contributed by atoms with Crippen molar-refractivity contribution in [2.24, 2.45) is 11.1 Å². The number of benzene rings is 1. The molecule has 0 saturated carbocycles. The molecule has 1 aliphatic rings. The Bertz CT molecular complexity index is 435. The van der Waals surface area contributed by atoms with E-state index in [9.17, 15) is 5.11 Å². The second-order valence-corrected chi connectivity index (χ2v) is 5.10. The van der Waals surface area contributed by atoms with Gasteiger partial charge in [0, 0.05) is 6.04 Å². The molecule has 0 bridgehead atoms. The second-order valence-electron chi connectivity index (χ2n) is 5.10. The summed E-state index contributed by atoms with van der Waals surface area (Å²) < 4.78 is 10.5. The zero-order valence-corrected chi connectivity index (χ0v) is 11.2. The van der Waals surface area contributed by atoms with Gasteiger partial charge in [-0.05, 0) is 36.6 Å². The maximum absolute atomic E-state index is 9.54. The van der Waals surface area contributed by atoms with Gasteiger partial charge in [0.1, 0.15) is 5.75 Å². The average molecular weight is 251 g/mol. The number of ether oxygens (including phenoxy) is 2. The molecule has 1 heterocycles. The first-order valence-electron chi connectivity index (χ1n) is 6.14. The molecule has 1 aromatic carbocycles. The Labute approximate surface area is 108 Å². The van der Waals surface area contributed by atoms with Gasteiger partial charge < -0.3 is 20.3 Å². The first-order chi connectivity index (χ1) is 8.55. The van der Waals surface area contributed by atoms with Gasteiger partial charge in [-0.3, -0.25) is 0 Å². The molecule has 1 unspecified atom stereocenters. The summed E-state index contributed by atoms with van der Waals surface area (Å²) in [4.78, 5) is 0. The Morgan fingerprint density at radius 1 is 1.39 bits per heavy atom. The summed E-state index contributed by atoms with van der Waals surface area (Å²) in [5, 5.41) is 9.54. The van der Waals surface area contributed by atoms with Crippen LogP contribution in [0.3, 0.4) is 0 Å². The summed E-state index contributed by atoms with van der Waals surface area (Å²) in [6.45, 7) is 5.16. The number of hydrogen-bond donors (Lipinski definition) is 2. The molecule has 0 aliphatic carbocycles. The standard InChI is InChI=1S/C14H21NO3/c1-9-10(2)12(17-3)5-4-11(9)13(15)14(6-16)7-18-8-14/h4-5,13,16H,6-8,15H2,1-3H3. The maximum atomic E-state index is 9.54. The van der Waals surface area contributed by atoms with Gasteiger partial charge in [-0.15, -0.1) is 0 Å². The number of hydrogen-bond acceptors (Lipinski definition) is 4. The van der Waals surface area contributed by atoms with Crippen LogP contribution in [0.15, 0.2) is 12.1 Å². The fourth-order valence-corrected chi connectivity index (χ4v) is 2.44. The number of methoxy groups -OCH3 is 1. The van der Waals surface area contributed by atoms with Crippen LogP contribution in [0.2, 0.25) is 0 Å². The van der Waals surface area contributed by atoms with Crippen molar-refractivity contribution in [2.75, 3.05) is 26.9 Å². The van der Waals surface area contributed by atoms with E-state index in [2.05, 4.69) is 0 Å². The molecule has 2 rings (SSSR count). The third kappa shape index (κ3) is 1.90. The number of rotatable bonds is 4. The van der Waals surface area contributed by atoms with Crippen LogP contribution in [-0.4, -0.2) is 32.0 Å². The van der Waals surface area contributed by atoms with E-state index in [0.717, 1.165) is 22.4 Å². The van der Waals surface area contributed by atoms with E-state index >= 15 is 0 Å². The molecule has 1 atom stereocenters. The molecule has 18 heavy (non-hydrogen) atoms. The maximum Gasteiger partial charge on any atom is 0.122 e. The molecule has 1 aromatic rings. The van der Waals surface area contributed by atoms with Crippen LogP contribution >= 0.6 is 0 Å². The summed E-state index contributed by atoms with van der Waals surface area (Å²) in [6.07, 6.45) is 0. The van der Waals surface area contributed by atoms with Gasteiger partial charge in [0.15, 0.2) is 0 Å². The summed E-state index contributed by atoms with van der Waals surface area (Å²) in [5.74, 6) is 0.867. The van der Waals surface area contributed by atoms with Crippen molar-refractivity contribution >= 4 is 0 Å². The molecule has 0 radical (unpaired) electrons.